The number of hydrogen-bond donors (Lipinski definition) is 1. The molecule has 1 amide bonds. The highest BCUT2D eigenvalue weighted by Gasteiger charge is 2.51. The van der Waals surface area contributed by atoms with E-state index < -0.39 is 0 Å². The van der Waals surface area contributed by atoms with Gasteiger partial charge in [-0.15, -0.1) is 0 Å². The summed E-state index contributed by atoms with van der Waals surface area (Å²) in [7, 11) is 0. The Bertz CT molecular complexity index is 813. The zero-order chi connectivity index (χ0) is 17.9. The van der Waals surface area contributed by atoms with Crippen molar-refractivity contribution >= 4 is 5.91 Å². The lowest BCUT2D eigenvalue weighted by Gasteiger charge is -2.56. The van der Waals surface area contributed by atoms with Gasteiger partial charge in [0.05, 0.1) is 5.69 Å². The van der Waals surface area contributed by atoms with Gasteiger partial charge in [-0.1, -0.05) is 0 Å². The van der Waals surface area contributed by atoms with Gasteiger partial charge in [0.2, 0.25) is 0 Å². The van der Waals surface area contributed by atoms with Gasteiger partial charge in [-0.2, -0.15) is 10.2 Å². The standard InChI is InChI=1S/C20H27N5O/c1-13-5-14(2)25(22-13)12-24-4-3-18(23-24)19(26)21-20-9-15-6-16(10-20)8-17(7-15)11-20/h3-5,15-17H,6-12H2,1-2H3,(H,21,26). The second kappa shape index (κ2) is 5.69. The fraction of sp³-hybridized carbons (Fsp3) is 0.650. The Labute approximate surface area is 154 Å². The number of nitrogens with zero attached hydrogens (tertiary/aromatic N) is 4. The van der Waals surface area contributed by atoms with Gasteiger partial charge < -0.3 is 5.32 Å². The molecule has 1 N–H and O–H groups in total. The van der Waals surface area contributed by atoms with Crippen LogP contribution in [0.2, 0.25) is 0 Å². The van der Waals surface area contributed by atoms with Gasteiger partial charge in [-0.25, -0.2) is 4.68 Å². The van der Waals surface area contributed by atoms with Crippen LogP contribution in [0.15, 0.2) is 18.3 Å². The number of rotatable bonds is 4. The molecular formula is C20H27N5O. The Morgan fingerprint density at radius 2 is 1.81 bits per heavy atom. The summed E-state index contributed by atoms with van der Waals surface area (Å²) < 4.78 is 3.69. The summed E-state index contributed by atoms with van der Waals surface area (Å²) in [6.45, 7) is 4.55. The minimum absolute atomic E-state index is 0.0148. The summed E-state index contributed by atoms with van der Waals surface area (Å²) in [6, 6.07) is 3.87. The fourth-order valence-electron chi connectivity index (χ4n) is 6.09. The molecule has 0 aromatic carbocycles. The summed E-state index contributed by atoms with van der Waals surface area (Å²) in [6.07, 6.45) is 9.50. The molecular weight excluding hydrogens is 326 g/mol. The molecule has 0 radical (unpaired) electrons. The zero-order valence-corrected chi connectivity index (χ0v) is 15.6. The first-order valence-electron chi connectivity index (χ1n) is 9.85. The monoisotopic (exact) mass is 353 g/mol. The van der Waals surface area contributed by atoms with Crippen molar-refractivity contribution < 1.29 is 4.79 Å². The van der Waals surface area contributed by atoms with Crippen LogP contribution >= 0.6 is 0 Å². The van der Waals surface area contributed by atoms with E-state index in [0.29, 0.717) is 12.4 Å². The largest absolute Gasteiger partial charge is 0.345 e. The highest BCUT2D eigenvalue weighted by Crippen LogP contribution is 2.55. The minimum Gasteiger partial charge on any atom is -0.345 e. The third-order valence-electron chi connectivity index (χ3n) is 6.67. The number of carbonyl (C=O) groups is 1. The van der Waals surface area contributed by atoms with Crippen molar-refractivity contribution in [2.24, 2.45) is 17.8 Å². The smallest absolute Gasteiger partial charge is 0.272 e. The first kappa shape index (κ1) is 16.1. The number of aryl methyl sites for hydroxylation is 2. The Kier molecular flexibility index (Phi) is 3.52. The van der Waals surface area contributed by atoms with E-state index in [2.05, 4.69) is 15.5 Å². The average Bonchev–Trinajstić information content (AvgIpc) is 3.12. The lowest BCUT2D eigenvalue weighted by atomic mass is 9.53. The average molecular weight is 353 g/mol. The molecule has 4 saturated carbocycles. The summed E-state index contributed by atoms with van der Waals surface area (Å²) in [5.74, 6) is 2.46. The highest BCUT2D eigenvalue weighted by molar-refractivity contribution is 5.92. The lowest BCUT2D eigenvalue weighted by molar-refractivity contribution is -0.0168. The molecule has 6 nitrogen and oxygen atoms in total. The summed E-state index contributed by atoms with van der Waals surface area (Å²) in [4.78, 5) is 12.9. The molecule has 0 atom stereocenters. The molecule has 4 fully saturated rings. The molecule has 138 valence electrons. The van der Waals surface area contributed by atoms with Gasteiger partial charge >= 0.3 is 0 Å². The molecule has 4 aliphatic rings. The van der Waals surface area contributed by atoms with E-state index in [0.717, 1.165) is 48.4 Å². The summed E-state index contributed by atoms with van der Waals surface area (Å²) >= 11 is 0. The predicted octanol–water partition coefficient (Wildman–Crippen LogP) is 2.90. The van der Waals surface area contributed by atoms with Crippen molar-refractivity contribution in [1.82, 2.24) is 24.9 Å². The second-order valence-electron chi connectivity index (χ2n) is 8.96. The van der Waals surface area contributed by atoms with Crippen molar-refractivity contribution in [2.75, 3.05) is 0 Å². The van der Waals surface area contributed by atoms with Gasteiger partial charge in [0.15, 0.2) is 0 Å². The number of aromatic nitrogens is 4. The van der Waals surface area contributed by atoms with Crippen LogP contribution in [0.4, 0.5) is 0 Å². The van der Waals surface area contributed by atoms with Gasteiger partial charge in [0.25, 0.3) is 5.91 Å². The van der Waals surface area contributed by atoms with E-state index in [1.807, 2.05) is 36.9 Å². The Hall–Kier alpha value is -2.11. The maximum atomic E-state index is 12.9. The normalized spacial score (nSPS) is 32.2. The van der Waals surface area contributed by atoms with Crippen molar-refractivity contribution in [1.29, 1.82) is 0 Å². The maximum Gasteiger partial charge on any atom is 0.272 e. The van der Waals surface area contributed by atoms with E-state index in [4.69, 9.17) is 0 Å². The van der Waals surface area contributed by atoms with Gasteiger partial charge in [-0.05, 0) is 82.3 Å². The molecule has 4 aliphatic carbocycles. The van der Waals surface area contributed by atoms with Crippen LogP contribution in [0.3, 0.4) is 0 Å². The van der Waals surface area contributed by atoms with E-state index in [1.54, 1.807) is 4.68 Å². The Morgan fingerprint density at radius 3 is 2.38 bits per heavy atom. The molecule has 2 heterocycles. The van der Waals surface area contributed by atoms with Crippen LogP contribution in [0.25, 0.3) is 0 Å². The number of amides is 1. The molecule has 0 unspecified atom stereocenters. The van der Waals surface area contributed by atoms with Crippen molar-refractivity contribution in [3.8, 4) is 0 Å². The SMILES string of the molecule is Cc1cc(C)n(Cn2ccc(C(=O)NC34CC5CC(CC(C5)C3)C4)n2)n1. The van der Waals surface area contributed by atoms with E-state index >= 15 is 0 Å². The number of carbonyl (C=O) groups excluding carboxylic acids is 1. The molecule has 0 spiro atoms. The van der Waals surface area contributed by atoms with Gasteiger partial charge in [0.1, 0.15) is 12.4 Å². The highest BCUT2D eigenvalue weighted by atomic mass is 16.2. The topological polar surface area (TPSA) is 64.7 Å². The predicted molar refractivity (Wildman–Crippen MR) is 97.7 cm³/mol. The minimum atomic E-state index is -0.0148. The van der Waals surface area contributed by atoms with Crippen LogP contribution in [-0.4, -0.2) is 31.0 Å². The van der Waals surface area contributed by atoms with Crippen molar-refractivity contribution in [2.45, 2.75) is 64.6 Å². The molecule has 2 aromatic rings. The van der Waals surface area contributed by atoms with Crippen molar-refractivity contribution in [3.63, 3.8) is 0 Å². The molecule has 4 bridgehead atoms. The fourth-order valence-corrected chi connectivity index (χ4v) is 6.09. The zero-order valence-electron chi connectivity index (χ0n) is 15.6. The molecule has 6 heteroatoms. The van der Waals surface area contributed by atoms with Crippen LogP contribution in [-0.2, 0) is 6.67 Å². The summed E-state index contributed by atoms with van der Waals surface area (Å²) in [5, 5.41) is 12.4. The maximum absolute atomic E-state index is 12.9. The second-order valence-corrected chi connectivity index (χ2v) is 8.96. The first-order chi connectivity index (χ1) is 12.5. The van der Waals surface area contributed by atoms with Crippen LogP contribution in [0, 0.1) is 31.6 Å². The van der Waals surface area contributed by atoms with Crippen LogP contribution in [0.1, 0.15) is 60.4 Å². The van der Waals surface area contributed by atoms with Crippen LogP contribution in [0.5, 0.6) is 0 Å². The molecule has 6 rings (SSSR count). The first-order valence-corrected chi connectivity index (χ1v) is 9.85. The molecule has 0 saturated heterocycles. The number of nitrogens with one attached hydrogen (secondary N) is 1. The van der Waals surface area contributed by atoms with E-state index in [9.17, 15) is 4.79 Å². The third kappa shape index (κ3) is 2.75. The van der Waals surface area contributed by atoms with E-state index in [1.165, 1.54) is 19.3 Å². The van der Waals surface area contributed by atoms with Crippen LogP contribution < -0.4 is 5.32 Å². The third-order valence-corrected chi connectivity index (χ3v) is 6.67. The number of hydrogen-bond acceptors (Lipinski definition) is 3. The van der Waals surface area contributed by atoms with Gasteiger partial charge in [-0.3, -0.25) is 9.48 Å². The Morgan fingerprint density at radius 1 is 1.15 bits per heavy atom. The van der Waals surface area contributed by atoms with E-state index in [-0.39, 0.29) is 11.4 Å². The molecule has 0 aliphatic heterocycles. The molecule has 2 aromatic heterocycles. The quantitative estimate of drug-likeness (QED) is 0.919. The van der Waals surface area contributed by atoms with Crippen molar-refractivity contribution in [3.05, 3.63) is 35.4 Å². The Balaban J connectivity index is 1.29. The molecule has 26 heavy (non-hydrogen) atoms. The lowest BCUT2D eigenvalue weighted by Crippen LogP contribution is -2.59. The summed E-state index contributed by atoms with van der Waals surface area (Å²) in [5.41, 5.74) is 2.64. The van der Waals surface area contributed by atoms with Gasteiger partial charge in [0, 0.05) is 17.4 Å².